The molecule has 30 heavy (non-hydrogen) atoms. The number of alkyl halides is 3. The van der Waals surface area contributed by atoms with Crippen molar-refractivity contribution in [1.82, 2.24) is 20.5 Å². The van der Waals surface area contributed by atoms with Gasteiger partial charge in [0, 0.05) is 43.9 Å². The summed E-state index contributed by atoms with van der Waals surface area (Å²) in [6.07, 6.45) is -2.19. The lowest BCUT2D eigenvalue weighted by Gasteiger charge is -2.20. The lowest BCUT2D eigenvalue weighted by atomic mass is 10.2. The number of amides is 1. The predicted molar refractivity (Wildman–Crippen MR) is 119 cm³/mol. The summed E-state index contributed by atoms with van der Waals surface area (Å²) in [6.45, 7) is 6.56. The first-order valence-corrected chi connectivity index (χ1v) is 9.66. The second-order valence-electron chi connectivity index (χ2n) is 7.17. The minimum atomic E-state index is -4.41. The Labute approximate surface area is 191 Å². The molecule has 1 atom stereocenters. The summed E-state index contributed by atoms with van der Waals surface area (Å²) >= 11 is 0. The van der Waals surface area contributed by atoms with Crippen molar-refractivity contribution in [1.29, 1.82) is 0 Å². The number of pyridine rings is 1. The van der Waals surface area contributed by atoms with Crippen LogP contribution in [-0.4, -0.2) is 60.2 Å². The molecule has 11 heteroatoms. The average Bonchev–Trinajstić information content (AvgIpc) is 3.12. The van der Waals surface area contributed by atoms with Crippen LogP contribution in [0.25, 0.3) is 0 Å². The van der Waals surface area contributed by atoms with Crippen LogP contribution >= 0.6 is 24.0 Å². The van der Waals surface area contributed by atoms with Gasteiger partial charge in [-0.15, -0.1) is 24.0 Å². The van der Waals surface area contributed by atoms with Gasteiger partial charge in [0.1, 0.15) is 0 Å². The zero-order valence-electron chi connectivity index (χ0n) is 17.3. The summed E-state index contributed by atoms with van der Waals surface area (Å²) in [5, 5.41) is 6.47. The number of ether oxygens (including phenoxy) is 1. The Morgan fingerprint density at radius 3 is 2.80 bits per heavy atom. The number of nitrogens with one attached hydrogen (secondary N) is 2. The highest BCUT2D eigenvalue weighted by Gasteiger charge is 2.29. The monoisotopic (exact) mass is 543 g/mol. The van der Waals surface area contributed by atoms with Gasteiger partial charge in [-0.25, -0.2) is 9.98 Å². The van der Waals surface area contributed by atoms with Gasteiger partial charge >= 0.3 is 6.18 Å². The van der Waals surface area contributed by atoms with Gasteiger partial charge in [0.05, 0.1) is 6.54 Å². The molecular weight excluding hydrogens is 514 g/mol. The SMILES string of the molecule is CCNC(=NCc1ccnc(OCC(F)(F)F)c1)NC1CCN(C(=O)C(C)C)C1.I. The minimum Gasteiger partial charge on any atom is -0.468 e. The fraction of sp³-hybridized carbons (Fsp3) is 0.632. The van der Waals surface area contributed by atoms with E-state index in [0.29, 0.717) is 31.2 Å². The van der Waals surface area contributed by atoms with Crippen LogP contribution in [0.3, 0.4) is 0 Å². The number of carbonyl (C=O) groups is 1. The molecule has 0 radical (unpaired) electrons. The van der Waals surface area contributed by atoms with E-state index in [1.807, 2.05) is 25.7 Å². The molecule has 7 nitrogen and oxygen atoms in total. The van der Waals surface area contributed by atoms with Crippen molar-refractivity contribution in [2.45, 2.75) is 46.0 Å². The molecule has 1 aromatic rings. The van der Waals surface area contributed by atoms with E-state index in [1.54, 1.807) is 6.07 Å². The third-order valence-corrected chi connectivity index (χ3v) is 4.28. The van der Waals surface area contributed by atoms with Crippen LogP contribution in [-0.2, 0) is 11.3 Å². The molecule has 1 unspecified atom stereocenters. The maximum Gasteiger partial charge on any atom is 0.422 e. The standard InChI is InChI=1S/C19H28F3N5O2.HI/c1-4-23-18(26-15-6-8-27(11-15)17(28)13(2)3)25-10-14-5-7-24-16(9-14)29-12-19(20,21)22;/h5,7,9,13,15H,4,6,8,10-12H2,1-3H3,(H2,23,25,26);1H. The van der Waals surface area contributed by atoms with Gasteiger partial charge in [-0.3, -0.25) is 4.79 Å². The number of likely N-dealkylation sites (tertiary alicyclic amines) is 1. The Morgan fingerprint density at radius 2 is 2.17 bits per heavy atom. The fourth-order valence-corrected chi connectivity index (χ4v) is 2.91. The smallest absolute Gasteiger partial charge is 0.422 e. The van der Waals surface area contributed by atoms with Crippen LogP contribution in [0.15, 0.2) is 23.3 Å². The molecule has 1 saturated heterocycles. The number of hydrogen-bond acceptors (Lipinski definition) is 4. The van der Waals surface area contributed by atoms with Crippen molar-refractivity contribution in [3.05, 3.63) is 23.9 Å². The molecule has 170 valence electrons. The van der Waals surface area contributed by atoms with Crippen molar-refractivity contribution in [3.8, 4) is 5.88 Å². The van der Waals surface area contributed by atoms with Gasteiger partial charge in [0.25, 0.3) is 0 Å². The highest BCUT2D eigenvalue weighted by atomic mass is 127. The summed E-state index contributed by atoms with van der Waals surface area (Å²) in [5.41, 5.74) is 0.678. The van der Waals surface area contributed by atoms with E-state index < -0.39 is 12.8 Å². The highest BCUT2D eigenvalue weighted by molar-refractivity contribution is 14.0. The summed E-state index contributed by atoms with van der Waals surface area (Å²) in [6, 6.07) is 3.21. The number of aliphatic imine (C=N–C) groups is 1. The third kappa shape index (κ3) is 8.92. The van der Waals surface area contributed by atoms with Gasteiger partial charge < -0.3 is 20.3 Å². The molecule has 1 fully saturated rings. The lowest BCUT2D eigenvalue weighted by Crippen LogP contribution is -2.45. The van der Waals surface area contributed by atoms with Gasteiger partial charge in [-0.1, -0.05) is 13.8 Å². The van der Waals surface area contributed by atoms with E-state index in [0.717, 1.165) is 6.42 Å². The second kappa shape index (κ2) is 12.2. The van der Waals surface area contributed by atoms with Crippen LogP contribution in [0.4, 0.5) is 13.2 Å². The van der Waals surface area contributed by atoms with Crippen molar-refractivity contribution >= 4 is 35.8 Å². The zero-order chi connectivity index (χ0) is 21.4. The van der Waals surface area contributed by atoms with Gasteiger partial charge in [-0.2, -0.15) is 13.2 Å². The van der Waals surface area contributed by atoms with E-state index >= 15 is 0 Å². The van der Waals surface area contributed by atoms with Crippen molar-refractivity contribution in [3.63, 3.8) is 0 Å². The highest BCUT2D eigenvalue weighted by Crippen LogP contribution is 2.18. The maximum atomic E-state index is 12.3. The molecular formula is C19H29F3IN5O2. The summed E-state index contributed by atoms with van der Waals surface area (Å²) in [7, 11) is 0. The topological polar surface area (TPSA) is 78.9 Å². The average molecular weight is 543 g/mol. The number of guanidine groups is 1. The number of carbonyl (C=O) groups excluding carboxylic acids is 1. The second-order valence-corrected chi connectivity index (χ2v) is 7.17. The van der Waals surface area contributed by atoms with Crippen LogP contribution in [0.5, 0.6) is 5.88 Å². The molecule has 1 amide bonds. The Morgan fingerprint density at radius 1 is 1.43 bits per heavy atom. The Bertz CT molecular complexity index is 716. The van der Waals surface area contributed by atoms with E-state index in [9.17, 15) is 18.0 Å². The first-order valence-electron chi connectivity index (χ1n) is 9.66. The van der Waals surface area contributed by atoms with Crippen LogP contribution in [0.1, 0.15) is 32.8 Å². The summed E-state index contributed by atoms with van der Waals surface area (Å²) in [4.78, 5) is 22.2. The van der Waals surface area contributed by atoms with Crippen LogP contribution < -0.4 is 15.4 Å². The van der Waals surface area contributed by atoms with Crippen molar-refractivity contribution < 1.29 is 22.7 Å². The fourth-order valence-electron chi connectivity index (χ4n) is 2.91. The van der Waals surface area contributed by atoms with Crippen molar-refractivity contribution in [2.24, 2.45) is 10.9 Å². The minimum absolute atomic E-state index is 0. The van der Waals surface area contributed by atoms with Gasteiger partial charge in [0.2, 0.25) is 11.8 Å². The summed E-state index contributed by atoms with van der Waals surface area (Å²) in [5.74, 6) is 0.605. The number of hydrogen-bond donors (Lipinski definition) is 2. The Balaban J connectivity index is 0.00000450. The normalized spacial score (nSPS) is 17.0. The Hall–Kier alpha value is -1.79. The molecule has 2 rings (SSSR count). The quantitative estimate of drug-likeness (QED) is 0.314. The van der Waals surface area contributed by atoms with Crippen LogP contribution in [0.2, 0.25) is 0 Å². The van der Waals surface area contributed by atoms with Crippen LogP contribution in [0, 0.1) is 5.92 Å². The molecule has 0 aliphatic carbocycles. The van der Waals surface area contributed by atoms with E-state index in [2.05, 4.69) is 25.3 Å². The number of rotatable bonds is 7. The van der Waals surface area contributed by atoms with Gasteiger partial charge in [0.15, 0.2) is 12.6 Å². The molecule has 2 heterocycles. The zero-order valence-corrected chi connectivity index (χ0v) is 19.7. The molecule has 1 aliphatic heterocycles. The van der Waals surface area contributed by atoms with E-state index in [-0.39, 0.29) is 54.3 Å². The number of halogens is 4. The van der Waals surface area contributed by atoms with Gasteiger partial charge in [-0.05, 0) is 25.0 Å². The molecule has 0 spiro atoms. The van der Waals surface area contributed by atoms with E-state index in [1.165, 1.54) is 12.3 Å². The van der Waals surface area contributed by atoms with E-state index in [4.69, 9.17) is 0 Å². The number of nitrogens with zero attached hydrogens (tertiary/aromatic N) is 3. The first-order chi connectivity index (χ1) is 13.7. The molecule has 1 aromatic heterocycles. The predicted octanol–water partition coefficient (Wildman–Crippen LogP) is 2.95. The third-order valence-electron chi connectivity index (χ3n) is 4.28. The van der Waals surface area contributed by atoms with Crippen molar-refractivity contribution in [2.75, 3.05) is 26.2 Å². The molecule has 0 saturated carbocycles. The lowest BCUT2D eigenvalue weighted by molar-refractivity contribution is -0.154. The largest absolute Gasteiger partial charge is 0.468 e. The maximum absolute atomic E-state index is 12.3. The molecule has 0 bridgehead atoms. The number of aromatic nitrogens is 1. The summed E-state index contributed by atoms with van der Waals surface area (Å²) < 4.78 is 41.5. The molecule has 2 N–H and O–H groups in total. The molecule has 1 aliphatic rings. The first kappa shape index (κ1) is 26.2. The molecule has 0 aromatic carbocycles. The Kier molecular flexibility index (Phi) is 10.6.